The van der Waals surface area contributed by atoms with Crippen LogP contribution in [0.25, 0.3) is 0 Å². The normalized spacial score (nSPS) is 24.2. The number of hydrogen-bond acceptors (Lipinski definition) is 4. The van der Waals surface area contributed by atoms with Gasteiger partial charge in [-0.2, -0.15) is 0 Å². The van der Waals surface area contributed by atoms with Crippen LogP contribution in [-0.2, 0) is 6.42 Å². The van der Waals surface area contributed by atoms with Crippen LogP contribution in [-0.4, -0.2) is 28.2 Å². The van der Waals surface area contributed by atoms with Crippen molar-refractivity contribution in [1.82, 2.24) is 5.32 Å². The zero-order valence-electron chi connectivity index (χ0n) is 12.0. The predicted molar refractivity (Wildman–Crippen MR) is 82.1 cm³/mol. The summed E-state index contributed by atoms with van der Waals surface area (Å²) in [6.45, 7) is 2.65. The Bertz CT molecular complexity index is 551. The molecule has 5 heteroatoms. The van der Waals surface area contributed by atoms with Crippen molar-refractivity contribution in [2.75, 3.05) is 6.54 Å². The van der Waals surface area contributed by atoms with E-state index in [1.165, 1.54) is 12.1 Å². The highest BCUT2D eigenvalue weighted by atomic mass is 16.6. The fourth-order valence-corrected chi connectivity index (χ4v) is 2.41. The van der Waals surface area contributed by atoms with E-state index in [4.69, 9.17) is 0 Å². The third-order valence-electron chi connectivity index (χ3n) is 3.83. The van der Waals surface area contributed by atoms with E-state index in [0.29, 0.717) is 13.0 Å². The number of non-ortho nitro benzene ring substituents is 1. The van der Waals surface area contributed by atoms with Gasteiger partial charge in [0, 0.05) is 12.1 Å². The number of nitrogens with zero attached hydrogens (tertiary/aromatic N) is 1. The number of nitro benzene ring substituents is 1. The van der Waals surface area contributed by atoms with Crippen molar-refractivity contribution in [3.8, 4) is 0 Å². The van der Waals surface area contributed by atoms with Gasteiger partial charge in [0.1, 0.15) is 5.60 Å². The standard InChI is InChI=1S/C16H20N2O3/c1-2-16(19)11-4-3-5-15(16)17-12-10-13-6-8-14(9-7-13)18(20)21/h3-9,11,15,17,19H,2,10,12H2,1H3/t15?,16-/m1/s1. The Morgan fingerprint density at radius 3 is 2.67 bits per heavy atom. The minimum atomic E-state index is -0.843. The number of nitrogens with one attached hydrogen (secondary N) is 1. The first-order valence-corrected chi connectivity index (χ1v) is 7.10. The quantitative estimate of drug-likeness (QED) is 0.622. The third-order valence-corrected chi connectivity index (χ3v) is 3.83. The van der Waals surface area contributed by atoms with Gasteiger partial charge in [-0.15, -0.1) is 0 Å². The van der Waals surface area contributed by atoms with Crippen molar-refractivity contribution >= 4 is 5.69 Å². The van der Waals surface area contributed by atoms with E-state index in [1.807, 2.05) is 31.2 Å². The lowest BCUT2D eigenvalue weighted by molar-refractivity contribution is -0.384. The second-order valence-electron chi connectivity index (χ2n) is 5.19. The second-order valence-corrected chi connectivity index (χ2v) is 5.19. The number of allylic oxidation sites excluding steroid dienone is 2. The maximum Gasteiger partial charge on any atom is 0.269 e. The molecule has 0 bridgehead atoms. The molecule has 0 radical (unpaired) electrons. The fourth-order valence-electron chi connectivity index (χ4n) is 2.41. The van der Waals surface area contributed by atoms with Crippen LogP contribution in [0.5, 0.6) is 0 Å². The Hall–Kier alpha value is -1.98. The van der Waals surface area contributed by atoms with E-state index in [9.17, 15) is 15.2 Å². The van der Waals surface area contributed by atoms with Crippen molar-refractivity contribution < 1.29 is 10.0 Å². The van der Waals surface area contributed by atoms with Crippen LogP contribution in [0.2, 0.25) is 0 Å². The monoisotopic (exact) mass is 288 g/mol. The van der Waals surface area contributed by atoms with Gasteiger partial charge in [0.15, 0.2) is 0 Å². The number of rotatable bonds is 6. The molecular formula is C16H20N2O3. The van der Waals surface area contributed by atoms with Gasteiger partial charge in [-0.3, -0.25) is 10.1 Å². The molecule has 0 amide bonds. The molecule has 1 unspecified atom stereocenters. The SMILES string of the molecule is CC[C@@]1(O)C=CC=CC1NCCc1ccc([N+](=O)[O-])cc1. The first-order valence-electron chi connectivity index (χ1n) is 7.10. The van der Waals surface area contributed by atoms with Crippen LogP contribution < -0.4 is 5.32 Å². The summed E-state index contributed by atoms with van der Waals surface area (Å²) in [5.74, 6) is 0. The van der Waals surface area contributed by atoms with E-state index in [-0.39, 0.29) is 11.7 Å². The first kappa shape index (κ1) is 15.4. The molecule has 112 valence electrons. The Balaban J connectivity index is 1.88. The molecular weight excluding hydrogens is 268 g/mol. The molecule has 1 aliphatic rings. The minimum absolute atomic E-state index is 0.104. The van der Waals surface area contributed by atoms with Crippen LogP contribution in [0.15, 0.2) is 48.6 Å². The van der Waals surface area contributed by atoms with Gasteiger partial charge < -0.3 is 10.4 Å². The Labute approximate surface area is 124 Å². The molecule has 1 aromatic rings. The van der Waals surface area contributed by atoms with Gasteiger partial charge in [-0.1, -0.05) is 43.4 Å². The summed E-state index contributed by atoms with van der Waals surface area (Å²) >= 11 is 0. The number of nitro groups is 1. The summed E-state index contributed by atoms with van der Waals surface area (Å²) in [6.07, 6.45) is 8.95. The number of hydrogen-bond donors (Lipinski definition) is 2. The maximum absolute atomic E-state index is 10.6. The average Bonchev–Trinajstić information content (AvgIpc) is 2.50. The Morgan fingerprint density at radius 2 is 2.05 bits per heavy atom. The maximum atomic E-state index is 10.6. The molecule has 0 saturated heterocycles. The molecule has 21 heavy (non-hydrogen) atoms. The van der Waals surface area contributed by atoms with Gasteiger partial charge in [0.25, 0.3) is 5.69 Å². The largest absolute Gasteiger partial charge is 0.384 e. The van der Waals surface area contributed by atoms with Crippen molar-refractivity contribution in [2.24, 2.45) is 0 Å². The van der Waals surface area contributed by atoms with Gasteiger partial charge in [-0.25, -0.2) is 0 Å². The fraction of sp³-hybridized carbons (Fsp3) is 0.375. The molecule has 5 nitrogen and oxygen atoms in total. The molecule has 0 aromatic heterocycles. The lowest BCUT2D eigenvalue weighted by Crippen LogP contribution is -2.49. The van der Waals surface area contributed by atoms with Gasteiger partial charge in [0.2, 0.25) is 0 Å². The van der Waals surface area contributed by atoms with E-state index < -0.39 is 10.5 Å². The van der Waals surface area contributed by atoms with Crippen LogP contribution >= 0.6 is 0 Å². The summed E-state index contributed by atoms with van der Waals surface area (Å²) in [5.41, 5.74) is 0.292. The molecule has 0 saturated carbocycles. The molecule has 0 fully saturated rings. The zero-order chi connectivity index (χ0) is 15.3. The highest BCUT2D eigenvalue weighted by Gasteiger charge is 2.31. The second kappa shape index (κ2) is 6.65. The zero-order valence-corrected chi connectivity index (χ0v) is 12.0. The lowest BCUT2D eigenvalue weighted by atomic mass is 9.87. The summed E-state index contributed by atoms with van der Waals surface area (Å²) in [6, 6.07) is 6.46. The Kier molecular flexibility index (Phi) is 4.88. The van der Waals surface area contributed by atoms with Crippen LogP contribution in [0, 0.1) is 10.1 Å². The molecule has 1 aromatic carbocycles. The van der Waals surface area contributed by atoms with Crippen molar-refractivity contribution in [3.63, 3.8) is 0 Å². The summed E-state index contributed by atoms with van der Waals surface area (Å²) in [5, 5.41) is 24.4. The highest BCUT2D eigenvalue weighted by molar-refractivity contribution is 5.33. The highest BCUT2D eigenvalue weighted by Crippen LogP contribution is 2.21. The summed E-state index contributed by atoms with van der Waals surface area (Å²) in [7, 11) is 0. The van der Waals surface area contributed by atoms with Crippen molar-refractivity contribution in [1.29, 1.82) is 0 Å². The van der Waals surface area contributed by atoms with Gasteiger partial charge >= 0.3 is 0 Å². The Morgan fingerprint density at radius 1 is 1.33 bits per heavy atom. The molecule has 2 N–H and O–H groups in total. The van der Waals surface area contributed by atoms with E-state index >= 15 is 0 Å². The lowest BCUT2D eigenvalue weighted by Gasteiger charge is -2.33. The smallest absolute Gasteiger partial charge is 0.269 e. The molecule has 0 heterocycles. The van der Waals surface area contributed by atoms with E-state index in [2.05, 4.69) is 5.32 Å². The molecule has 0 spiro atoms. The van der Waals surface area contributed by atoms with Gasteiger partial charge in [0.05, 0.1) is 11.0 Å². The minimum Gasteiger partial charge on any atom is -0.384 e. The summed E-state index contributed by atoms with van der Waals surface area (Å²) in [4.78, 5) is 10.2. The summed E-state index contributed by atoms with van der Waals surface area (Å²) < 4.78 is 0. The van der Waals surface area contributed by atoms with E-state index in [1.54, 1.807) is 12.1 Å². The van der Waals surface area contributed by atoms with E-state index in [0.717, 1.165) is 12.0 Å². The van der Waals surface area contributed by atoms with Gasteiger partial charge in [-0.05, 0) is 24.9 Å². The third kappa shape index (κ3) is 3.77. The number of benzene rings is 1. The molecule has 2 atom stereocenters. The van der Waals surface area contributed by atoms with Crippen LogP contribution in [0.3, 0.4) is 0 Å². The van der Waals surface area contributed by atoms with Crippen molar-refractivity contribution in [3.05, 3.63) is 64.2 Å². The predicted octanol–water partition coefficient (Wildman–Crippen LogP) is 2.36. The van der Waals surface area contributed by atoms with Crippen LogP contribution in [0.1, 0.15) is 18.9 Å². The first-order chi connectivity index (χ1) is 10.0. The average molecular weight is 288 g/mol. The molecule has 0 aliphatic heterocycles. The molecule has 2 rings (SSSR count). The topological polar surface area (TPSA) is 75.4 Å². The number of aliphatic hydroxyl groups is 1. The van der Waals surface area contributed by atoms with Crippen molar-refractivity contribution in [2.45, 2.75) is 31.4 Å². The molecule has 1 aliphatic carbocycles. The van der Waals surface area contributed by atoms with Crippen LogP contribution in [0.4, 0.5) is 5.69 Å².